The van der Waals surface area contributed by atoms with E-state index in [0.717, 1.165) is 51.0 Å². The van der Waals surface area contributed by atoms with Crippen molar-refractivity contribution in [1.29, 1.82) is 0 Å². The van der Waals surface area contributed by atoms with Crippen molar-refractivity contribution in [3.63, 3.8) is 0 Å². The van der Waals surface area contributed by atoms with Gasteiger partial charge in [-0.05, 0) is 78.0 Å². The van der Waals surface area contributed by atoms with Crippen LogP contribution in [0.1, 0.15) is 26.2 Å². The molecule has 1 aliphatic heterocycles. The van der Waals surface area contributed by atoms with E-state index in [2.05, 4.69) is 24.3 Å². The van der Waals surface area contributed by atoms with E-state index in [-0.39, 0.29) is 5.69 Å². The van der Waals surface area contributed by atoms with Crippen molar-refractivity contribution < 1.29 is 18.0 Å². The fourth-order valence-corrected chi connectivity index (χ4v) is 3.10. The second-order valence-corrected chi connectivity index (χ2v) is 6.96. The minimum atomic E-state index is -1.58. The summed E-state index contributed by atoms with van der Waals surface area (Å²) in [7, 11) is 4.11. The van der Waals surface area contributed by atoms with Crippen molar-refractivity contribution in [2.24, 2.45) is 5.92 Å². The Kier molecular flexibility index (Phi) is 6.84. The van der Waals surface area contributed by atoms with Crippen LogP contribution in [0.3, 0.4) is 0 Å². The maximum absolute atomic E-state index is 13.7. The van der Waals surface area contributed by atoms with Crippen molar-refractivity contribution in [3.05, 3.63) is 29.6 Å². The molecule has 1 heterocycles. The number of nitrogens with one attached hydrogen (secondary N) is 1. The number of halogens is 3. The van der Waals surface area contributed by atoms with Gasteiger partial charge in [-0.1, -0.05) is 0 Å². The van der Waals surface area contributed by atoms with E-state index < -0.39 is 29.4 Å². The van der Waals surface area contributed by atoms with Crippen molar-refractivity contribution in [3.8, 4) is 0 Å². The number of nitrogens with zero attached hydrogens (tertiary/aromatic N) is 2. The summed E-state index contributed by atoms with van der Waals surface area (Å²) < 4.78 is 39.9. The number of carbonyl (C=O) groups excluding carboxylic acids is 1. The van der Waals surface area contributed by atoms with E-state index in [1.54, 1.807) is 6.92 Å². The largest absolute Gasteiger partial charge is 0.322 e. The molecule has 1 saturated heterocycles. The second kappa shape index (κ2) is 8.67. The molecule has 1 fully saturated rings. The smallest absolute Gasteiger partial charge is 0.241 e. The first kappa shape index (κ1) is 19.7. The van der Waals surface area contributed by atoms with E-state index in [1.807, 2.05) is 4.90 Å². The van der Waals surface area contributed by atoms with Gasteiger partial charge in [-0.3, -0.25) is 9.69 Å². The number of amides is 1. The molecular formula is C18H26F3N3O. The first-order valence-corrected chi connectivity index (χ1v) is 8.62. The molecule has 2 rings (SSSR count). The molecule has 140 valence electrons. The van der Waals surface area contributed by atoms with Gasteiger partial charge in [0.2, 0.25) is 5.91 Å². The summed E-state index contributed by atoms with van der Waals surface area (Å²) in [5.74, 6) is -3.99. The Balaban J connectivity index is 1.88. The van der Waals surface area contributed by atoms with Crippen molar-refractivity contribution >= 4 is 11.6 Å². The highest BCUT2D eigenvalue weighted by Crippen LogP contribution is 2.23. The summed E-state index contributed by atoms with van der Waals surface area (Å²) in [6.45, 7) is 4.39. The minimum Gasteiger partial charge on any atom is -0.322 e. The standard InChI is InChI=1S/C18H26F3N3O/c1-12(24-10-7-13(8-11-24)6-9-23(2)3)18(25)22-15-5-4-14(19)16(20)17(15)21/h4-5,12-13H,6-11H2,1-3H3,(H,22,25). The van der Waals surface area contributed by atoms with Gasteiger partial charge < -0.3 is 10.2 Å². The zero-order valence-corrected chi connectivity index (χ0v) is 15.0. The molecule has 1 atom stereocenters. The SMILES string of the molecule is CC(C(=O)Nc1ccc(F)c(F)c1F)N1CCC(CCN(C)C)CC1. The van der Waals surface area contributed by atoms with Gasteiger partial charge in [0, 0.05) is 0 Å². The van der Waals surface area contributed by atoms with Gasteiger partial charge in [0.1, 0.15) is 0 Å². The fraction of sp³-hybridized carbons (Fsp3) is 0.611. The molecule has 7 heteroatoms. The third kappa shape index (κ3) is 5.19. The fourth-order valence-electron chi connectivity index (χ4n) is 3.10. The quantitative estimate of drug-likeness (QED) is 0.795. The van der Waals surface area contributed by atoms with Crippen LogP contribution in [-0.2, 0) is 4.79 Å². The third-order valence-corrected chi connectivity index (χ3v) is 4.85. The molecule has 0 radical (unpaired) electrons. The highest BCUT2D eigenvalue weighted by atomic mass is 19.2. The van der Waals surface area contributed by atoms with E-state index in [0.29, 0.717) is 5.92 Å². The van der Waals surface area contributed by atoms with Gasteiger partial charge in [-0.15, -0.1) is 0 Å². The number of hydrogen-bond acceptors (Lipinski definition) is 3. The lowest BCUT2D eigenvalue weighted by Crippen LogP contribution is -2.46. The van der Waals surface area contributed by atoms with Crippen LogP contribution in [0.15, 0.2) is 12.1 Å². The van der Waals surface area contributed by atoms with Crippen LogP contribution in [-0.4, -0.2) is 55.5 Å². The van der Waals surface area contributed by atoms with Crippen LogP contribution in [0.25, 0.3) is 0 Å². The zero-order valence-electron chi connectivity index (χ0n) is 15.0. The predicted octanol–water partition coefficient (Wildman–Crippen LogP) is 3.09. The van der Waals surface area contributed by atoms with Gasteiger partial charge in [-0.25, -0.2) is 13.2 Å². The Labute approximate surface area is 147 Å². The van der Waals surface area contributed by atoms with Gasteiger partial charge >= 0.3 is 0 Å². The molecule has 0 aromatic heterocycles. The summed E-state index contributed by atoms with van der Waals surface area (Å²) in [5.41, 5.74) is -0.336. The second-order valence-electron chi connectivity index (χ2n) is 6.96. The maximum Gasteiger partial charge on any atom is 0.241 e. The lowest BCUT2D eigenvalue weighted by Gasteiger charge is -2.35. The number of likely N-dealkylation sites (tertiary alicyclic amines) is 1. The van der Waals surface area contributed by atoms with Crippen molar-refractivity contribution in [2.75, 3.05) is 39.0 Å². The summed E-state index contributed by atoms with van der Waals surface area (Å²) in [6.07, 6.45) is 3.18. The molecule has 1 unspecified atom stereocenters. The van der Waals surface area contributed by atoms with Gasteiger partial charge in [0.05, 0.1) is 11.7 Å². The lowest BCUT2D eigenvalue weighted by molar-refractivity contribution is -0.121. The number of hydrogen-bond donors (Lipinski definition) is 1. The van der Waals surface area contributed by atoms with E-state index in [4.69, 9.17) is 0 Å². The average molecular weight is 357 g/mol. The highest BCUT2D eigenvalue weighted by molar-refractivity contribution is 5.94. The minimum absolute atomic E-state index is 0.336. The molecule has 0 bridgehead atoms. The highest BCUT2D eigenvalue weighted by Gasteiger charge is 2.27. The summed E-state index contributed by atoms with van der Waals surface area (Å²) >= 11 is 0. The van der Waals surface area contributed by atoms with Crippen LogP contribution < -0.4 is 5.32 Å². The Morgan fingerprint density at radius 2 is 1.88 bits per heavy atom. The van der Waals surface area contributed by atoms with Crippen LogP contribution in [0.2, 0.25) is 0 Å². The Morgan fingerprint density at radius 1 is 1.24 bits per heavy atom. The molecule has 25 heavy (non-hydrogen) atoms. The van der Waals surface area contributed by atoms with Crippen molar-refractivity contribution in [1.82, 2.24) is 9.80 Å². The third-order valence-electron chi connectivity index (χ3n) is 4.85. The average Bonchev–Trinajstić information content (AvgIpc) is 2.60. The molecular weight excluding hydrogens is 331 g/mol. The number of piperidine rings is 1. The molecule has 0 aliphatic carbocycles. The molecule has 1 amide bonds. The van der Waals surface area contributed by atoms with Crippen LogP contribution in [0.5, 0.6) is 0 Å². The monoisotopic (exact) mass is 357 g/mol. The molecule has 1 aromatic rings. The molecule has 1 aromatic carbocycles. The number of carbonyl (C=O) groups is 1. The van der Waals surface area contributed by atoms with Gasteiger partial charge in [0.15, 0.2) is 17.5 Å². The summed E-state index contributed by atoms with van der Waals surface area (Å²) in [4.78, 5) is 16.5. The number of rotatable bonds is 6. The normalized spacial score (nSPS) is 17.7. The zero-order chi connectivity index (χ0) is 18.6. The van der Waals surface area contributed by atoms with Gasteiger partial charge in [-0.2, -0.15) is 0 Å². The predicted molar refractivity (Wildman–Crippen MR) is 91.9 cm³/mol. The van der Waals surface area contributed by atoms with E-state index in [9.17, 15) is 18.0 Å². The van der Waals surface area contributed by atoms with Crippen LogP contribution >= 0.6 is 0 Å². The molecule has 0 saturated carbocycles. The van der Waals surface area contributed by atoms with Crippen molar-refractivity contribution in [2.45, 2.75) is 32.2 Å². The summed E-state index contributed by atoms with van der Waals surface area (Å²) in [5, 5.41) is 2.36. The molecule has 1 aliphatic rings. The van der Waals surface area contributed by atoms with E-state index >= 15 is 0 Å². The molecule has 0 spiro atoms. The van der Waals surface area contributed by atoms with Crippen LogP contribution in [0.4, 0.5) is 18.9 Å². The molecule has 1 N–H and O–H groups in total. The topological polar surface area (TPSA) is 35.6 Å². The number of anilines is 1. The first-order valence-electron chi connectivity index (χ1n) is 8.62. The maximum atomic E-state index is 13.7. The van der Waals surface area contributed by atoms with E-state index in [1.165, 1.54) is 0 Å². The Bertz CT molecular complexity index is 601. The summed E-state index contributed by atoms with van der Waals surface area (Å²) in [6, 6.07) is 1.38. The first-order chi connectivity index (χ1) is 11.8. The Hall–Kier alpha value is -1.60. The number of benzene rings is 1. The van der Waals surface area contributed by atoms with Crippen LogP contribution in [0, 0.1) is 23.4 Å². The Morgan fingerprint density at radius 3 is 2.48 bits per heavy atom. The molecule has 4 nitrogen and oxygen atoms in total. The lowest BCUT2D eigenvalue weighted by atomic mass is 9.92. The van der Waals surface area contributed by atoms with Gasteiger partial charge in [0.25, 0.3) is 0 Å².